The topological polar surface area (TPSA) is 41.6 Å². The lowest BCUT2D eigenvalue weighted by molar-refractivity contribution is -0.137. The van der Waals surface area contributed by atoms with Crippen LogP contribution in [0.3, 0.4) is 0 Å². The van der Waals surface area contributed by atoms with E-state index >= 15 is 0 Å². The van der Waals surface area contributed by atoms with Crippen molar-refractivity contribution >= 4 is 6.03 Å². The zero-order valence-corrected chi connectivity index (χ0v) is 14.7. The highest BCUT2D eigenvalue weighted by Gasteiger charge is 2.31. The van der Waals surface area contributed by atoms with Gasteiger partial charge in [0.2, 0.25) is 0 Å². The van der Waals surface area contributed by atoms with Crippen molar-refractivity contribution in [1.29, 1.82) is 0 Å². The lowest BCUT2D eigenvalue weighted by atomic mass is 9.94. The fourth-order valence-electron chi connectivity index (χ4n) is 3.15. The molecular formula is C18H24F4N2O2. The predicted octanol–water partition coefficient (Wildman–Crippen LogP) is 4.19. The molecule has 0 aromatic heterocycles. The number of nitrogens with one attached hydrogen (secondary N) is 1. The summed E-state index contributed by atoms with van der Waals surface area (Å²) in [4.78, 5) is 14.0. The minimum atomic E-state index is -4.59. The van der Waals surface area contributed by atoms with Gasteiger partial charge in [-0.25, -0.2) is 9.18 Å². The number of piperidine rings is 1. The smallest absolute Gasteiger partial charge is 0.385 e. The number of likely N-dealkylation sites (tertiary alicyclic amines) is 1. The predicted molar refractivity (Wildman–Crippen MR) is 89.0 cm³/mol. The largest absolute Gasteiger partial charge is 0.416 e. The Morgan fingerprint density at radius 2 is 2.15 bits per heavy atom. The fourth-order valence-corrected chi connectivity index (χ4v) is 3.15. The van der Waals surface area contributed by atoms with E-state index in [1.165, 1.54) is 0 Å². The van der Waals surface area contributed by atoms with Gasteiger partial charge in [-0.1, -0.05) is 6.07 Å². The van der Waals surface area contributed by atoms with Crippen molar-refractivity contribution in [2.24, 2.45) is 5.92 Å². The van der Waals surface area contributed by atoms with Crippen molar-refractivity contribution in [3.8, 4) is 0 Å². The van der Waals surface area contributed by atoms with Crippen LogP contribution in [-0.4, -0.2) is 37.7 Å². The van der Waals surface area contributed by atoms with Gasteiger partial charge in [-0.15, -0.1) is 0 Å². The Hall–Kier alpha value is -1.83. The normalized spacial score (nSPS) is 18.0. The highest BCUT2D eigenvalue weighted by molar-refractivity contribution is 5.74. The van der Waals surface area contributed by atoms with Crippen LogP contribution < -0.4 is 5.32 Å². The molecule has 1 aromatic rings. The lowest BCUT2D eigenvalue weighted by Crippen LogP contribution is -2.45. The van der Waals surface area contributed by atoms with Gasteiger partial charge in [-0.3, -0.25) is 0 Å². The molecule has 4 nitrogen and oxygen atoms in total. The molecule has 1 fully saturated rings. The summed E-state index contributed by atoms with van der Waals surface area (Å²) < 4.78 is 56.5. The van der Waals surface area contributed by atoms with E-state index in [0.717, 1.165) is 37.8 Å². The van der Waals surface area contributed by atoms with E-state index in [0.29, 0.717) is 31.7 Å². The highest BCUT2D eigenvalue weighted by atomic mass is 19.4. The first-order chi connectivity index (χ1) is 12.3. The van der Waals surface area contributed by atoms with Crippen LogP contribution in [0.1, 0.15) is 36.8 Å². The minimum Gasteiger partial charge on any atom is -0.385 e. The molecule has 1 heterocycles. The van der Waals surface area contributed by atoms with Crippen LogP contribution >= 0.6 is 0 Å². The average molecular weight is 376 g/mol. The van der Waals surface area contributed by atoms with E-state index in [-0.39, 0.29) is 18.1 Å². The third-order valence-corrected chi connectivity index (χ3v) is 4.58. The summed E-state index contributed by atoms with van der Waals surface area (Å²) in [6.45, 7) is 1.80. The molecule has 0 bridgehead atoms. The van der Waals surface area contributed by atoms with Gasteiger partial charge < -0.3 is 15.0 Å². The number of alkyl halides is 3. The number of carbonyl (C=O) groups is 1. The number of hydrogen-bond donors (Lipinski definition) is 1. The number of halogens is 4. The number of rotatable bonds is 6. The number of benzene rings is 1. The zero-order chi connectivity index (χ0) is 19.2. The maximum atomic E-state index is 13.8. The SMILES string of the molecule is COCCC[C@@H]1CCCN(C(=O)NCc2ccc(C(F)(F)F)cc2F)C1. The van der Waals surface area contributed by atoms with Gasteiger partial charge in [0.25, 0.3) is 0 Å². The van der Waals surface area contributed by atoms with Crippen LogP contribution in [-0.2, 0) is 17.5 Å². The summed E-state index contributed by atoms with van der Waals surface area (Å²) >= 11 is 0. The zero-order valence-electron chi connectivity index (χ0n) is 14.7. The summed E-state index contributed by atoms with van der Waals surface area (Å²) in [5.74, 6) is -0.566. The molecule has 2 amide bonds. The van der Waals surface area contributed by atoms with Crippen LogP contribution in [0.15, 0.2) is 18.2 Å². The van der Waals surface area contributed by atoms with Gasteiger partial charge in [-0.2, -0.15) is 13.2 Å². The summed E-state index contributed by atoms with van der Waals surface area (Å²) in [5.41, 5.74) is -1.01. The summed E-state index contributed by atoms with van der Waals surface area (Å²) in [5, 5.41) is 2.60. The minimum absolute atomic E-state index is 0.0278. The second kappa shape index (κ2) is 9.21. The molecule has 8 heteroatoms. The Morgan fingerprint density at radius 1 is 1.38 bits per heavy atom. The van der Waals surface area contributed by atoms with Gasteiger partial charge in [-0.05, 0) is 43.7 Å². The molecule has 0 unspecified atom stereocenters. The van der Waals surface area contributed by atoms with Crippen molar-refractivity contribution in [3.63, 3.8) is 0 Å². The number of nitrogens with zero attached hydrogens (tertiary/aromatic N) is 1. The molecular weight excluding hydrogens is 352 g/mol. The molecule has 26 heavy (non-hydrogen) atoms. The second-order valence-electron chi connectivity index (χ2n) is 6.55. The number of carbonyl (C=O) groups excluding carboxylic acids is 1. The third-order valence-electron chi connectivity index (χ3n) is 4.58. The second-order valence-corrected chi connectivity index (χ2v) is 6.55. The van der Waals surface area contributed by atoms with Crippen LogP contribution in [0.5, 0.6) is 0 Å². The number of ether oxygens (including phenoxy) is 1. The molecule has 1 N–H and O–H groups in total. The summed E-state index contributed by atoms with van der Waals surface area (Å²) in [7, 11) is 1.65. The Kier molecular flexibility index (Phi) is 7.25. The molecule has 146 valence electrons. The van der Waals surface area contributed by atoms with Gasteiger partial charge >= 0.3 is 12.2 Å². The lowest BCUT2D eigenvalue weighted by Gasteiger charge is -2.32. The molecule has 0 saturated carbocycles. The summed E-state index contributed by atoms with van der Waals surface area (Å²) in [6.07, 6.45) is -0.715. The first-order valence-electron chi connectivity index (χ1n) is 8.68. The van der Waals surface area contributed by atoms with E-state index in [2.05, 4.69) is 5.32 Å². The average Bonchev–Trinajstić information content (AvgIpc) is 2.60. The van der Waals surface area contributed by atoms with Crippen molar-refractivity contribution in [3.05, 3.63) is 35.1 Å². The standard InChI is InChI=1S/C18H24F4N2O2/c1-26-9-3-5-13-4-2-8-24(12-13)17(25)23-11-14-6-7-15(10-16(14)19)18(20,21)22/h6-7,10,13H,2-5,8-9,11-12H2,1H3,(H,23,25)/t13-/m0/s1. The molecule has 1 saturated heterocycles. The Morgan fingerprint density at radius 3 is 2.81 bits per heavy atom. The Labute approximate surface area is 150 Å². The first-order valence-corrected chi connectivity index (χ1v) is 8.68. The van der Waals surface area contributed by atoms with E-state index in [4.69, 9.17) is 4.74 Å². The monoisotopic (exact) mass is 376 g/mol. The van der Waals surface area contributed by atoms with Crippen molar-refractivity contribution in [2.45, 2.75) is 38.4 Å². The van der Waals surface area contributed by atoms with E-state index < -0.39 is 17.6 Å². The Bertz CT molecular complexity index is 607. The molecule has 1 atom stereocenters. The molecule has 0 radical (unpaired) electrons. The van der Waals surface area contributed by atoms with Crippen molar-refractivity contribution in [2.75, 3.05) is 26.8 Å². The van der Waals surface area contributed by atoms with Gasteiger partial charge in [0.15, 0.2) is 0 Å². The van der Waals surface area contributed by atoms with E-state index in [9.17, 15) is 22.4 Å². The number of amides is 2. The molecule has 1 aliphatic rings. The van der Waals surface area contributed by atoms with E-state index in [1.807, 2.05) is 0 Å². The quantitative estimate of drug-likeness (QED) is 0.597. The molecule has 2 rings (SSSR count). The maximum Gasteiger partial charge on any atom is 0.416 e. The molecule has 1 aliphatic heterocycles. The van der Waals surface area contributed by atoms with Crippen molar-refractivity contribution < 1.29 is 27.1 Å². The molecule has 0 spiro atoms. The van der Waals surface area contributed by atoms with Gasteiger partial charge in [0.05, 0.1) is 5.56 Å². The maximum absolute atomic E-state index is 13.8. The van der Waals surface area contributed by atoms with Crippen LogP contribution in [0.25, 0.3) is 0 Å². The highest BCUT2D eigenvalue weighted by Crippen LogP contribution is 2.30. The number of urea groups is 1. The van der Waals surface area contributed by atoms with Crippen LogP contribution in [0.2, 0.25) is 0 Å². The third kappa shape index (κ3) is 5.86. The number of hydrogen-bond acceptors (Lipinski definition) is 2. The van der Waals surface area contributed by atoms with E-state index in [1.54, 1.807) is 12.0 Å². The number of methoxy groups -OCH3 is 1. The fraction of sp³-hybridized carbons (Fsp3) is 0.611. The molecule has 1 aromatic carbocycles. The molecule has 0 aliphatic carbocycles. The first kappa shape index (κ1) is 20.5. The van der Waals surface area contributed by atoms with Crippen LogP contribution in [0, 0.1) is 11.7 Å². The van der Waals surface area contributed by atoms with Gasteiger partial charge in [0.1, 0.15) is 5.82 Å². The summed E-state index contributed by atoms with van der Waals surface area (Å²) in [6, 6.07) is 2.01. The van der Waals surface area contributed by atoms with Crippen molar-refractivity contribution in [1.82, 2.24) is 10.2 Å². The Balaban J connectivity index is 1.86. The van der Waals surface area contributed by atoms with Gasteiger partial charge in [0, 0.05) is 38.9 Å². The van der Waals surface area contributed by atoms with Crippen LogP contribution in [0.4, 0.5) is 22.4 Å².